The molecule has 4 atom stereocenters. The van der Waals surface area contributed by atoms with Crippen molar-refractivity contribution in [3.05, 3.63) is 215 Å². The normalized spacial score (nSPS) is 12.9. The molecule has 0 aromatic heterocycles. The molecule has 0 N–H and O–H groups in total. The van der Waals surface area contributed by atoms with E-state index in [0.717, 1.165) is 11.1 Å². The van der Waals surface area contributed by atoms with Gasteiger partial charge in [0.15, 0.2) is 24.4 Å². The molecule has 0 bridgehead atoms. The lowest BCUT2D eigenvalue weighted by atomic mass is 10.0. The third kappa shape index (κ3) is 12.1. The zero-order valence-electron chi connectivity index (χ0n) is 31.5. The van der Waals surface area contributed by atoms with Crippen LogP contribution in [0.15, 0.2) is 182 Å². The van der Waals surface area contributed by atoms with Gasteiger partial charge in [0.05, 0.1) is 48.7 Å². The summed E-state index contributed by atoms with van der Waals surface area (Å²) in [4.78, 5) is 55.8. The Bertz CT molecular complexity index is 2010. The largest absolute Gasteiger partial charge is 0.452 e. The lowest BCUT2D eigenvalue weighted by Gasteiger charge is -2.36. The SMILES string of the molecule is O=C(O[C@H]([C@H](OC(=O)c1ccccc1)[C@@H](COCc1ccccc1)OC(=O)c1ccccc1)[C@H](COCc1ccccc1)OC(=O)c1ccccc1)c1ccccc1. The van der Waals surface area contributed by atoms with Crippen molar-refractivity contribution in [1.29, 1.82) is 0 Å². The molecule has 0 radical (unpaired) electrons. The molecule has 6 aromatic rings. The van der Waals surface area contributed by atoms with Crippen LogP contribution >= 0.6 is 0 Å². The Kier molecular flexibility index (Phi) is 15.1. The summed E-state index contributed by atoms with van der Waals surface area (Å²) in [6, 6.07) is 51.5. The average molecular weight is 779 g/mol. The summed E-state index contributed by atoms with van der Waals surface area (Å²) in [5, 5.41) is 0. The van der Waals surface area contributed by atoms with Gasteiger partial charge in [-0.25, -0.2) is 19.2 Å². The second-order valence-corrected chi connectivity index (χ2v) is 13.1. The first-order valence-corrected chi connectivity index (χ1v) is 18.7. The Labute approximate surface area is 336 Å². The number of esters is 4. The highest BCUT2D eigenvalue weighted by Crippen LogP contribution is 2.25. The molecule has 10 heteroatoms. The molecular formula is C48H42O10. The van der Waals surface area contributed by atoms with Crippen molar-refractivity contribution in [2.75, 3.05) is 13.2 Å². The topological polar surface area (TPSA) is 124 Å². The van der Waals surface area contributed by atoms with Crippen LogP contribution in [0.2, 0.25) is 0 Å². The van der Waals surface area contributed by atoms with E-state index in [4.69, 9.17) is 28.4 Å². The summed E-state index contributed by atoms with van der Waals surface area (Å²) in [5.41, 5.74) is 2.39. The minimum absolute atomic E-state index is 0.0979. The van der Waals surface area contributed by atoms with E-state index >= 15 is 0 Å². The first kappa shape index (κ1) is 40.8. The van der Waals surface area contributed by atoms with Crippen LogP contribution in [-0.2, 0) is 41.6 Å². The number of hydrogen-bond donors (Lipinski definition) is 0. The van der Waals surface area contributed by atoms with Gasteiger partial charge in [0.25, 0.3) is 0 Å². The van der Waals surface area contributed by atoms with E-state index in [2.05, 4.69) is 0 Å². The summed E-state index contributed by atoms with van der Waals surface area (Å²) in [5.74, 6) is -3.18. The fourth-order valence-electron chi connectivity index (χ4n) is 5.93. The lowest BCUT2D eigenvalue weighted by Crippen LogP contribution is -2.54. The van der Waals surface area contributed by atoms with Gasteiger partial charge in [-0.3, -0.25) is 0 Å². The minimum atomic E-state index is -1.63. The lowest BCUT2D eigenvalue weighted by molar-refractivity contribution is -0.147. The van der Waals surface area contributed by atoms with Crippen molar-refractivity contribution < 1.29 is 47.6 Å². The van der Waals surface area contributed by atoms with Gasteiger partial charge in [0.1, 0.15) is 0 Å². The predicted molar refractivity (Wildman–Crippen MR) is 215 cm³/mol. The van der Waals surface area contributed by atoms with Gasteiger partial charge in [0.2, 0.25) is 0 Å². The minimum Gasteiger partial charge on any atom is -0.452 e. The number of ether oxygens (including phenoxy) is 6. The van der Waals surface area contributed by atoms with Gasteiger partial charge in [-0.05, 0) is 59.7 Å². The van der Waals surface area contributed by atoms with Crippen LogP contribution in [0.1, 0.15) is 52.6 Å². The van der Waals surface area contributed by atoms with E-state index in [1.807, 2.05) is 60.7 Å². The Balaban J connectivity index is 1.44. The quantitative estimate of drug-likeness (QED) is 0.0586. The maximum atomic E-state index is 14.1. The van der Waals surface area contributed by atoms with Crippen molar-refractivity contribution in [1.82, 2.24) is 0 Å². The van der Waals surface area contributed by atoms with Crippen molar-refractivity contribution in [2.45, 2.75) is 37.6 Å². The highest BCUT2D eigenvalue weighted by molar-refractivity contribution is 5.92. The molecule has 58 heavy (non-hydrogen) atoms. The summed E-state index contributed by atoms with van der Waals surface area (Å²) < 4.78 is 37.1. The van der Waals surface area contributed by atoms with Gasteiger partial charge < -0.3 is 28.4 Å². The number of carbonyl (C=O) groups excluding carboxylic acids is 4. The van der Waals surface area contributed by atoms with Crippen LogP contribution in [0, 0.1) is 0 Å². The van der Waals surface area contributed by atoms with E-state index in [1.54, 1.807) is 121 Å². The van der Waals surface area contributed by atoms with Crippen LogP contribution in [0.25, 0.3) is 0 Å². The monoisotopic (exact) mass is 778 g/mol. The zero-order chi connectivity index (χ0) is 40.4. The van der Waals surface area contributed by atoms with E-state index < -0.39 is 48.3 Å². The summed E-state index contributed by atoms with van der Waals surface area (Å²) >= 11 is 0. The van der Waals surface area contributed by atoms with Gasteiger partial charge in [0, 0.05) is 0 Å². The zero-order valence-corrected chi connectivity index (χ0v) is 31.5. The molecule has 0 aliphatic carbocycles. The van der Waals surface area contributed by atoms with E-state index in [0.29, 0.717) is 0 Å². The smallest absolute Gasteiger partial charge is 0.338 e. The molecule has 294 valence electrons. The number of benzene rings is 6. The van der Waals surface area contributed by atoms with Crippen LogP contribution in [-0.4, -0.2) is 61.5 Å². The summed E-state index contributed by atoms with van der Waals surface area (Å²) in [6.07, 6.45) is -6.11. The number of rotatable bonds is 19. The second-order valence-electron chi connectivity index (χ2n) is 13.1. The van der Waals surface area contributed by atoms with Crippen molar-refractivity contribution in [2.24, 2.45) is 0 Å². The van der Waals surface area contributed by atoms with E-state index in [1.165, 1.54) is 0 Å². The molecule has 6 aromatic carbocycles. The second kappa shape index (κ2) is 21.4. The van der Waals surface area contributed by atoms with E-state index in [-0.39, 0.29) is 48.7 Å². The molecule has 0 amide bonds. The maximum absolute atomic E-state index is 14.1. The first-order valence-electron chi connectivity index (χ1n) is 18.7. The van der Waals surface area contributed by atoms with Gasteiger partial charge in [-0.2, -0.15) is 0 Å². The van der Waals surface area contributed by atoms with Crippen LogP contribution in [0.4, 0.5) is 0 Å². The molecule has 0 fully saturated rings. The van der Waals surface area contributed by atoms with Gasteiger partial charge >= 0.3 is 23.9 Å². The molecule has 0 unspecified atom stereocenters. The average Bonchev–Trinajstić information content (AvgIpc) is 3.28. The van der Waals surface area contributed by atoms with Crippen molar-refractivity contribution >= 4 is 23.9 Å². The molecule has 0 aliphatic rings. The Morgan fingerprint density at radius 1 is 0.328 bits per heavy atom. The van der Waals surface area contributed by atoms with Gasteiger partial charge in [-0.1, -0.05) is 133 Å². The van der Waals surface area contributed by atoms with E-state index in [9.17, 15) is 19.2 Å². The Hall–Kier alpha value is -6.88. The molecule has 0 saturated carbocycles. The Morgan fingerprint density at radius 3 is 0.845 bits per heavy atom. The number of hydrogen-bond acceptors (Lipinski definition) is 10. The molecule has 0 spiro atoms. The molecule has 0 saturated heterocycles. The van der Waals surface area contributed by atoms with Crippen molar-refractivity contribution in [3.8, 4) is 0 Å². The molecule has 0 heterocycles. The standard InChI is InChI=1S/C48H42O10/c49-45(37-23-11-3-12-24-37)55-41(33-53-31-35-19-7-1-8-20-35)43(57-47(51)39-27-15-5-16-28-39)44(58-48(52)40-29-17-6-18-30-40)42(34-54-32-36-21-9-2-10-22-36)56-46(50)38-25-13-4-14-26-38/h1-30,41-44H,31-34H2/t41-,42+,43-,44+. The first-order chi connectivity index (χ1) is 28.4. The van der Waals surface area contributed by atoms with Crippen LogP contribution in [0.5, 0.6) is 0 Å². The predicted octanol–water partition coefficient (Wildman–Crippen LogP) is 8.32. The molecule has 0 aliphatic heterocycles. The number of carbonyl (C=O) groups is 4. The fourth-order valence-corrected chi connectivity index (χ4v) is 5.93. The molecule has 6 rings (SSSR count). The molecule has 10 nitrogen and oxygen atoms in total. The third-order valence-corrected chi connectivity index (χ3v) is 8.89. The highest BCUT2D eigenvalue weighted by atomic mass is 16.6. The van der Waals surface area contributed by atoms with Crippen LogP contribution in [0.3, 0.4) is 0 Å². The Morgan fingerprint density at radius 2 is 0.569 bits per heavy atom. The van der Waals surface area contributed by atoms with Gasteiger partial charge in [-0.15, -0.1) is 0 Å². The molecular weight excluding hydrogens is 737 g/mol. The maximum Gasteiger partial charge on any atom is 0.338 e. The third-order valence-electron chi connectivity index (χ3n) is 8.89. The van der Waals surface area contributed by atoms with Crippen molar-refractivity contribution in [3.63, 3.8) is 0 Å². The highest BCUT2D eigenvalue weighted by Gasteiger charge is 2.45. The van der Waals surface area contributed by atoms with Crippen LogP contribution < -0.4 is 0 Å². The summed E-state index contributed by atoms with van der Waals surface area (Å²) in [6.45, 7) is -0.463. The fraction of sp³-hybridized carbons (Fsp3) is 0.167. The summed E-state index contributed by atoms with van der Waals surface area (Å²) in [7, 11) is 0.